The molecule has 1 spiro atoms. The molecule has 6 aliphatic carbocycles. The second-order valence-corrected chi connectivity index (χ2v) is 21.2. The SMILES string of the molecule is CC1(C)c2ccccc2-c2cccc(N(c3ccccc3)c3ccc4ccc5c(N(c6ccccc6)c6cccc7c6C6(c8ccccc8-7)C7CC8CC(C7)CC6C8)ccc6ccc3c4c65)c21. The molecule has 0 heterocycles. The van der Waals surface area contributed by atoms with Gasteiger partial charge in [0.05, 0.1) is 22.7 Å². The van der Waals surface area contributed by atoms with Crippen LogP contribution in [0.15, 0.2) is 194 Å². The largest absolute Gasteiger partial charge is 0.310 e. The van der Waals surface area contributed by atoms with Crippen LogP contribution in [0, 0.1) is 23.7 Å². The van der Waals surface area contributed by atoms with Crippen LogP contribution in [0.3, 0.4) is 0 Å². The Morgan fingerprint density at radius 3 is 1.34 bits per heavy atom. The van der Waals surface area contributed by atoms with Crippen molar-refractivity contribution in [1.82, 2.24) is 0 Å². The molecule has 10 aromatic rings. The minimum absolute atomic E-state index is 0.0239. The number of nitrogens with zero attached hydrogens (tertiary/aromatic N) is 2. The average molecular weight is 861 g/mol. The first kappa shape index (κ1) is 38.0. The molecule has 2 nitrogen and oxygen atoms in total. The summed E-state index contributed by atoms with van der Waals surface area (Å²) in [6.45, 7) is 4.81. The minimum Gasteiger partial charge on any atom is -0.310 e. The molecule has 10 aromatic carbocycles. The van der Waals surface area contributed by atoms with Gasteiger partial charge in [0, 0.05) is 33.0 Å². The van der Waals surface area contributed by atoms with Crippen molar-refractivity contribution >= 4 is 66.4 Å². The highest BCUT2D eigenvalue weighted by Gasteiger charge is 2.62. The van der Waals surface area contributed by atoms with E-state index in [1.807, 2.05) is 0 Å². The Morgan fingerprint density at radius 2 is 0.791 bits per heavy atom. The van der Waals surface area contributed by atoms with E-state index in [9.17, 15) is 0 Å². The van der Waals surface area contributed by atoms with Crippen LogP contribution in [-0.4, -0.2) is 0 Å². The van der Waals surface area contributed by atoms with Crippen molar-refractivity contribution in [3.05, 3.63) is 216 Å². The summed E-state index contributed by atoms with van der Waals surface area (Å²) in [4.78, 5) is 5.21. The molecule has 0 N–H and O–H groups in total. The molecule has 2 heteroatoms. The number of fused-ring (bicyclic) bond motifs is 6. The van der Waals surface area contributed by atoms with Crippen LogP contribution in [0.1, 0.15) is 68.2 Å². The molecular formula is C65H52N2. The molecular weight excluding hydrogens is 809 g/mol. The molecule has 322 valence electrons. The van der Waals surface area contributed by atoms with Gasteiger partial charge in [-0.3, -0.25) is 0 Å². The van der Waals surface area contributed by atoms with Gasteiger partial charge in [-0.2, -0.15) is 0 Å². The molecule has 4 saturated carbocycles. The lowest BCUT2D eigenvalue weighted by atomic mass is 9.43. The Morgan fingerprint density at radius 1 is 0.358 bits per heavy atom. The summed E-state index contributed by atoms with van der Waals surface area (Å²) in [5, 5.41) is 7.73. The summed E-state index contributed by atoms with van der Waals surface area (Å²) in [6, 6.07) is 74.2. The summed E-state index contributed by atoms with van der Waals surface area (Å²) in [7, 11) is 0. The molecule has 4 bridgehead atoms. The zero-order chi connectivity index (χ0) is 44.2. The quantitative estimate of drug-likeness (QED) is 0.154. The zero-order valence-corrected chi connectivity index (χ0v) is 38.2. The molecule has 4 fully saturated rings. The topological polar surface area (TPSA) is 6.48 Å². The molecule has 6 aliphatic rings. The lowest BCUT2D eigenvalue weighted by Crippen LogP contribution is -2.55. The van der Waals surface area contributed by atoms with E-state index in [4.69, 9.17) is 0 Å². The maximum absolute atomic E-state index is 2.66. The average Bonchev–Trinajstić information content (AvgIpc) is 3.80. The molecule has 0 aromatic heterocycles. The zero-order valence-electron chi connectivity index (χ0n) is 38.2. The Hall–Kier alpha value is -7.16. The third-order valence-corrected chi connectivity index (χ3v) is 17.7. The fourth-order valence-electron chi connectivity index (χ4n) is 15.5. The maximum atomic E-state index is 2.66. The highest BCUT2D eigenvalue weighted by atomic mass is 15.2. The second kappa shape index (κ2) is 13.7. The van der Waals surface area contributed by atoms with Crippen molar-refractivity contribution in [1.29, 1.82) is 0 Å². The Kier molecular flexibility index (Phi) is 7.77. The molecule has 67 heavy (non-hydrogen) atoms. The van der Waals surface area contributed by atoms with Crippen molar-refractivity contribution < 1.29 is 0 Å². The number of anilines is 6. The third kappa shape index (κ3) is 5.01. The van der Waals surface area contributed by atoms with Gasteiger partial charge in [-0.05, 0) is 170 Å². The predicted molar refractivity (Wildman–Crippen MR) is 280 cm³/mol. The van der Waals surface area contributed by atoms with Gasteiger partial charge in [0.2, 0.25) is 0 Å². The van der Waals surface area contributed by atoms with Crippen LogP contribution in [-0.2, 0) is 10.8 Å². The highest BCUT2D eigenvalue weighted by Crippen LogP contribution is 2.71. The third-order valence-electron chi connectivity index (χ3n) is 17.7. The summed E-state index contributed by atoms with van der Waals surface area (Å²) in [6.07, 6.45) is 6.88. The van der Waals surface area contributed by atoms with E-state index in [2.05, 4.69) is 218 Å². The Balaban J connectivity index is 0.977. The number of para-hydroxylation sites is 2. The van der Waals surface area contributed by atoms with Crippen molar-refractivity contribution in [3.8, 4) is 22.3 Å². The van der Waals surface area contributed by atoms with Crippen LogP contribution in [0.2, 0.25) is 0 Å². The molecule has 16 rings (SSSR count). The maximum Gasteiger partial charge on any atom is 0.0540 e. The monoisotopic (exact) mass is 860 g/mol. The van der Waals surface area contributed by atoms with Gasteiger partial charge in [-0.15, -0.1) is 0 Å². The van der Waals surface area contributed by atoms with E-state index < -0.39 is 0 Å². The fraction of sp³-hybridized carbons (Fsp3) is 0.200. The van der Waals surface area contributed by atoms with Gasteiger partial charge in [-0.25, -0.2) is 0 Å². The van der Waals surface area contributed by atoms with Gasteiger partial charge >= 0.3 is 0 Å². The van der Waals surface area contributed by atoms with Crippen molar-refractivity contribution in [2.45, 2.75) is 56.8 Å². The standard InChI is InChI=1S/C65H52N2/c1-64(2)54-23-11-9-19-48(54)50-21-13-25-58(62(50)64)66(46-15-5-3-6-16-46)56-33-29-42-28-32-53-57(34-30-43-27-31-52(56)60(42)61(43)53)67(47-17-7-4-8-18-47)59-26-14-22-51-49-20-10-12-24-55(49)65(63(51)59)44-36-40-35-41(38-44)39-45(65)37-40/h3-34,40-41,44-45H,35-39H2,1-2H3. The minimum atomic E-state index is -0.177. The van der Waals surface area contributed by atoms with E-state index >= 15 is 0 Å². The lowest BCUT2D eigenvalue weighted by Gasteiger charge is -2.61. The van der Waals surface area contributed by atoms with E-state index in [1.165, 1.54) is 126 Å². The lowest BCUT2D eigenvalue weighted by molar-refractivity contribution is -0.0397. The Labute approximate surface area is 393 Å². The smallest absolute Gasteiger partial charge is 0.0540 e. The van der Waals surface area contributed by atoms with E-state index in [0.29, 0.717) is 11.8 Å². The van der Waals surface area contributed by atoms with Crippen LogP contribution >= 0.6 is 0 Å². The van der Waals surface area contributed by atoms with Crippen LogP contribution in [0.25, 0.3) is 54.6 Å². The first-order chi connectivity index (χ1) is 33.0. The van der Waals surface area contributed by atoms with Crippen LogP contribution in [0.5, 0.6) is 0 Å². The molecule has 0 atom stereocenters. The van der Waals surface area contributed by atoms with Crippen molar-refractivity contribution in [2.75, 3.05) is 9.80 Å². The predicted octanol–water partition coefficient (Wildman–Crippen LogP) is 17.6. The first-order valence-electron chi connectivity index (χ1n) is 24.9. The number of rotatable bonds is 6. The molecule has 0 aliphatic heterocycles. The van der Waals surface area contributed by atoms with Crippen LogP contribution < -0.4 is 9.80 Å². The number of hydrogen-bond donors (Lipinski definition) is 0. The van der Waals surface area contributed by atoms with E-state index in [-0.39, 0.29) is 10.8 Å². The number of benzene rings is 10. The molecule has 0 radical (unpaired) electrons. The van der Waals surface area contributed by atoms with Gasteiger partial charge in [-0.1, -0.05) is 159 Å². The summed E-state index contributed by atoms with van der Waals surface area (Å²) in [5.41, 5.74) is 18.7. The molecule has 0 amide bonds. The van der Waals surface area contributed by atoms with Crippen LogP contribution in [0.4, 0.5) is 34.1 Å². The molecule has 0 unspecified atom stereocenters. The van der Waals surface area contributed by atoms with Gasteiger partial charge < -0.3 is 9.80 Å². The molecule has 0 saturated heterocycles. The van der Waals surface area contributed by atoms with Gasteiger partial charge in [0.25, 0.3) is 0 Å². The van der Waals surface area contributed by atoms with E-state index in [1.54, 1.807) is 11.1 Å². The van der Waals surface area contributed by atoms with E-state index in [0.717, 1.165) is 17.5 Å². The second-order valence-electron chi connectivity index (χ2n) is 21.2. The summed E-state index contributed by atoms with van der Waals surface area (Å²) >= 11 is 0. The Bertz CT molecular complexity index is 3610. The van der Waals surface area contributed by atoms with Gasteiger partial charge in [0.15, 0.2) is 0 Å². The first-order valence-corrected chi connectivity index (χ1v) is 24.9. The number of hydrogen-bond acceptors (Lipinski definition) is 2. The van der Waals surface area contributed by atoms with Gasteiger partial charge in [0.1, 0.15) is 0 Å². The van der Waals surface area contributed by atoms with Crippen molar-refractivity contribution in [2.24, 2.45) is 23.7 Å². The fourth-order valence-corrected chi connectivity index (χ4v) is 15.5. The summed E-state index contributed by atoms with van der Waals surface area (Å²) < 4.78 is 0. The van der Waals surface area contributed by atoms with Crippen molar-refractivity contribution in [3.63, 3.8) is 0 Å². The highest BCUT2D eigenvalue weighted by molar-refractivity contribution is 6.28. The normalized spacial score (nSPS) is 22.4. The summed E-state index contributed by atoms with van der Waals surface area (Å²) in [5.74, 6) is 3.10.